The summed E-state index contributed by atoms with van der Waals surface area (Å²) in [5, 5.41) is 2.61. The van der Waals surface area contributed by atoms with Crippen molar-refractivity contribution in [1.29, 1.82) is 0 Å². The fraction of sp³-hybridized carbons (Fsp3) is 0.235. The van der Waals surface area contributed by atoms with Crippen molar-refractivity contribution in [2.45, 2.75) is 25.4 Å². The van der Waals surface area contributed by atoms with Crippen LogP contribution in [0, 0.1) is 0 Å². The topological polar surface area (TPSA) is 29.1 Å². The monoisotopic (exact) mass is 307 g/mol. The van der Waals surface area contributed by atoms with Crippen molar-refractivity contribution in [2.75, 3.05) is 5.32 Å². The Labute approximate surface area is 127 Å². The Balaban J connectivity index is 1.95. The third-order valence-electron chi connectivity index (χ3n) is 3.36. The van der Waals surface area contributed by atoms with Crippen molar-refractivity contribution in [3.8, 4) is 0 Å². The molecule has 0 saturated carbocycles. The average Bonchev–Trinajstić information content (AvgIpc) is 2.47. The van der Waals surface area contributed by atoms with E-state index >= 15 is 0 Å². The SMILES string of the molecule is CC(CC(=O)Nc1ccc(C(F)(F)F)cc1)c1ccccc1. The van der Waals surface area contributed by atoms with Crippen LogP contribution in [0.4, 0.5) is 18.9 Å². The Morgan fingerprint density at radius 2 is 1.64 bits per heavy atom. The van der Waals surface area contributed by atoms with Crippen LogP contribution in [0.25, 0.3) is 0 Å². The second-order valence-corrected chi connectivity index (χ2v) is 5.14. The van der Waals surface area contributed by atoms with Crippen LogP contribution < -0.4 is 5.32 Å². The van der Waals surface area contributed by atoms with Gasteiger partial charge in [-0.15, -0.1) is 0 Å². The molecule has 0 heterocycles. The Kier molecular flexibility index (Phi) is 4.85. The van der Waals surface area contributed by atoms with E-state index in [1.54, 1.807) is 0 Å². The van der Waals surface area contributed by atoms with E-state index in [0.29, 0.717) is 5.69 Å². The second-order valence-electron chi connectivity index (χ2n) is 5.14. The van der Waals surface area contributed by atoms with Gasteiger partial charge in [0.25, 0.3) is 0 Å². The maximum Gasteiger partial charge on any atom is 0.416 e. The number of amides is 1. The van der Waals surface area contributed by atoms with Gasteiger partial charge in [-0.1, -0.05) is 37.3 Å². The zero-order valence-electron chi connectivity index (χ0n) is 12.0. The number of halogens is 3. The third-order valence-corrected chi connectivity index (χ3v) is 3.36. The number of rotatable bonds is 4. The summed E-state index contributed by atoms with van der Waals surface area (Å²) >= 11 is 0. The first kappa shape index (κ1) is 16.1. The molecule has 0 aliphatic rings. The van der Waals surface area contributed by atoms with Crippen LogP contribution in [0.3, 0.4) is 0 Å². The lowest BCUT2D eigenvalue weighted by Gasteiger charge is -2.12. The molecule has 5 heteroatoms. The number of carbonyl (C=O) groups is 1. The minimum Gasteiger partial charge on any atom is -0.326 e. The lowest BCUT2D eigenvalue weighted by Crippen LogP contribution is -2.14. The average molecular weight is 307 g/mol. The Hall–Kier alpha value is -2.30. The molecule has 2 nitrogen and oxygen atoms in total. The standard InChI is InChI=1S/C17H16F3NO/c1-12(13-5-3-2-4-6-13)11-16(22)21-15-9-7-14(8-10-15)17(18,19)20/h2-10,12H,11H2,1H3,(H,21,22). The molecule has 116 valence electrons. The Morgan fingerprint density at radius 1 is 1.05 bits per heavy atom. The van der Waals surface area contributed by atoms with Crippen LogP contribution in [0.15, 0.2) is 54.6 Å². The number of alkyl halides is 3. The van der Waals surface area contributed by atoms with Gasteiger partial charge in [-0.2, -0.15) is 13.2 Å². The number of hydrogen-bond acceptors (Lipinski definition) is 1. The molecule has 1 unspecified atom stereocenters. The van der Waals surface area contributed by atoms with Gasteiger partial charge in [0, 0.05) is 12.1 Å². The van der Waals surface area contributed by atoms with Gasteiger partial charge in [-0.05, 0) is 35.7 Å². The lowest BCUT2D eigenvalue weighted by molar-refractivity contribution is -0.137. The summed E-state index contributed by atoms with van der Waals surface area (Å²) in [5.41, 5.74) is 0.673. The smallest absolute Gasteiger partial charge is 0.326 e. The highest BCUT2D eigenvalue weighted by Gasteiger charge is 2.29. The van der Waals surface area contributed by atoms with Gasteiger partial charge < -0.3 is 5.32 Å². The molecule has 2 rings (SSSR count). The third kappa shape index (κ3) is 4.35. The molecule has 0 radical (unpaired) electrons. The number of carbonyl (C=O) groups excluding carboxylic acids is 1. The fourth-order valence-electron chi connectivity index (χ4n) is 2.13. The zero-order valence-corrected chi connectivity index (χ0v) is 12.0. The maximum atomic E-state index is 12.5. The molecular weight excluding hydrogens is 291 g/mol. The van der Waals surface area contributed by atoms with E-state index in [9.17, 15) is 18.0 Å². The van der Waals surface area contributed by atoms with E-state index in [4.69, 9.17) is 0 Å². The lowest BCUT2D eigenvalue weighted by atomic mass is 9.97. The Bertz CT molecular complexity index is 621. The van der Waals surface area contributed by atoms with Crippen LogP contribution in [0.5, 0.6) is 0 Å². The van der Waals surface area contributed by atoms with Crippen molar-refractivity contribution in [2.24, 2.45) is 0 Å². The summed E-state index contributed by atoms with van der Waals surface area (Å²) in [7, 11) is 0. The molecule has 1 atom stereocenters. The normalized spacial score (nSPS) is 12.7. The van der Waals surface area contributed by atoms with E-state index in [0.717, 1.165) is 17.7 Å². The highest BCUT2D eigenvalue weighted by molar-refractivity contribution is 5.91. The molecular formula is C17H16F3NO. The van der Waals surface area contributed by atoms with Crippen LogP contribution >= 0.6 is 0 Å². The summed E-state index contributed by atoms with van der Waals surface area (Å²) in [6.07, 6.45) is -4.10. The van der Waals surface area contributed by atoms with Crippen molar-refractivity contribution in [3.05, 3.63) is 65.7 Å². The van der Waals surface area contributed by atoms with E-state index in [2.05, 4.69) is 5.32 Å². The first-order chi connectivity index (χ1) is 10.4. The van der Waals surface area contributed by atoms with Crippen LogP contribution in [-0.4, -0.2) is 5.91 Å². The molecule has 1 N–H and O–H groups in total. The predicted octanol–water partition coefficient (Wildman–Crippen LogP) is 4.84. The number of anilines is 1. The minimum atomic E-state index is -4.37. The molecule has 0 bridgehead atoms. The van der Waals surface area contributed by atoms with E-state index in [1.165, 1.54) is 12.1 Å². The van der Waals surface area contributed by atoms with Crippen LogP contribution in [-0.2, 0) is 11.0 Å². The Morgan fingerprint density at radius 3 is 2.18 bits per heavy atom. The van der Waals surface area contributed by atoms with Gasteiger partial charge in [0.15, 0.2) is 0 Å². The van der Waals surface area contributed by atoms with E-state index in [-0.39, 0.29) is 18.2 Å². The van der Waals surface area contributed by atoms with Crippen molar-refractivity contribution >= 4 is 11.6 Å². The van der Waals surface area contributed by atoms with Crippen molar-refractivity contribution in [3.63, 3.8) is 0 Å². The molecule has 2 aromatic rings. The highest BCUT2D eigenvalue weighted by Crippen LogP contribution is 2.30. The van der Waals surface area contributed by atoms with E-state index < -0.39 is 11.7 Å². The molecule has 0 saturated heterocycles. The molecule has 0 aromatic heterocycles. The molecule has 2 aromatic carbocycles. The fourth-order valence-corrected chi connectivity index (χ4v) is 2.13. The van der Waals surface area contributed by atoms with E-state index in [1.807, 2.05) is 37.3 Å². The molecule has 22 heavy (non-hydrogen) atoms. The second kappa shape index (κ2) is 6.64. The molecule has 0 aliphatic carbocycles. The van der Waals surface area contributed by atoms with Crippen LogP contribution in [0.2, 0.25) is 0 Å². The first-order valence-corrected chi connectivity index (χ1v) is 6.88. The number of hydrogen-bond donors (Lipinski definition) is 1. The molecule has 0 fully saturated rings. The predicted molar refractivity (Wildman–Crippen MR) is 79.5 cm³/mol. The number of nitrogens with one attached hydrogen (secondary N) is 1. The van der Waals surface area contributed by atoms with Gasteiger partial charge in [-0.25, -0.2) is 0 Å². The summed E-state index contributed by atoms with van der Waals surface area (Å²) in [6, 6.07) is 14.0. The van der Waals surface area contributed by atoms with Gasteiger partial charge in [0.05, 0.1) is 5.56 Å². The van der Waals surface area contributed by atoms with Crippen LogP contribution in [0.1, 0.15) is 30.4 Å². The number of benzene rings is 2. The summed E-state index contributed by atoms with van der Waals surface area (Å²) in [4.78, 5) is 11.9. The summed E-state index contributed by atoms with van der Waals surface area (Å²) < 4.78 is 37.4. The quantitative estimate of drug-likeness (QED) is 0.860. The molecule has 1 amide bonds. The zero-order chi connectivity index (χ0) is 16.2. The first-order valence-electron chi connectivity index (χ1n) is 6.88. The minimum absolute atomic E-state index is 0.0376. The molecule has 0 spiro atoms. The summed E-state index contributed by atoms with van der Waals surface area (Å²) in [5.74, 6) is -0.188. The summed E-state index contributed by atoms with van der Waals surface area (Å²) in [6.45, 7) is 1.93. The molecule has 0 aliphatic heterocycles. The van der Waals surface area contributed by atoms with Gasteiger partial charge in [0.1, 0.15) is 0 Å². The van der Waals surface area contributed by atoms with Crippen molar-refractivity contribution < 1.29 is 18.0 Å². The maximum absolute atomic E-state index is 12.5. The van der Waals surface area contributed by atoms with Gasteiger partial charge in [-0.3, -0.25) is 4.79 Å². The van der Waals surface area contributed by atoms with Gasteiger partial charge >= 0.3 is 6.18 Å². The highest BCUT2D eigenvalue weighted by atomic mass is 19.4. The van der Waals surface area contributed by atoms with Crippen molar-refractivity contribution in [1.82, 2.24) is 0 Å². The van der Waals surface area contributed by atoms with Gasteiger partial charge in [0.2, 0.25) is 5.91 Å². The largest absolute Gasteiger partial charge is 0.416 e.